The fraction of sp³-hybridized carbons (Fsp3) is 0.545. The molecular weight excluding hydrogens is 278 g/mol. The molecule has 1 heterocycles. The van der Waals surface area contributed by atoms with Crippen molar-refractivity contribution >= 4 is 25.7 Å². The van der Waals surface area contributed by atoms with E-state index < -0.39 is 15.0 Å². The van der Waals surface area contributed by atoms with Gasteiger partial charge in [-0.2, -0.15) is 0 Å². The zero-order valence-electron chi connectivity index (χ0n) is 10.1. The lowest BCUT2D eigenvalue weighted by Crippen LogP contribution is -2.12. The summed E-state index contributed by atoms with van der Waals surface area (Å²) in [6.45, 7) is 3.60. The van der Waals surface area contributed by atoms with Crippen molar-refractivity contribution in [2.75, 3.05) is 6.61 Å². The highest BCUT2D eigenvalue weighted by atomic mass is 35.7. The van der Waals surface area contributed by atoms with Crippen LogP contribution in [0, 0.1) is 6.92 Å². The summed E-state index contributed by atoms with van der Waals surface area (Å²) in [5.74, 6) is -0.515. The molecule has 0 bridgehead atoms. The number of ether oxygens (including phenoxy) is 1. The molecule has 1 aliphatic rings. The molecule has 0 N–H and O–H groups in total. The number of hydrogen-bond acceptors (Lipinski definition) is 4. The molecule has 0 atom stereocenters. The van der Waals surface area contributed by atoms with Gasteiger partial charge in [-0.25, -0.2) is 13.2 Å². The second kappa shape index (κ2) is 4.59. The molecule has 1 fully saturated rings. The van der Waals surface area contributed by atoms with E-state index in [1.807, 2.05) is 0 Å². The number of hydrogen-bond donors (Lipinski definition) is 0. The van der Waals surface area contributed by atoms with Gasteiger partial charge in [-0.1, -0.05) is 0 Å². The Morgan fingerprint density at radius 2 is 2.17 bits per heavy atom. The third kappa shape index (κ3) is 2.40. The zero-order chi connectivity index (χ0) is 13.5. The Bertz CT molecular complexity index is 586. The predicted molar refractivity (Wildman–Crippen MR) is 66.4 cm³/mol. The minimum atomic E-state index is -3.85. The van der Waals surface area contributed by atoms with Crippen LogP contribution in [0.5, 0.6) is 0 Å². The summed E-state index contributed by atoms with van der Waals surface area (Å²) < 4.78 is 29.5. The van der Waals surface area contributed by atoms with Crippen molar-refractivity contribution in [3.63, 3.8) is 0 Å². The third-order valence-electron chi connectivity index (χ3n) is 2.90. The van der Waals surface area contributed by atoms with Crippen LogP contribution < -0.4 is 0 Å². The Balaban J connectivity index is 2.55. The second-order valence-electron chi connectivity index (χ2n) is 4.24. The normalized spacial score (nSPS) is 15.7. The predicted octanol–water partition coefficient (Wildman–Crippen LogP) is 2.24. The van der Waals surface area contributed by atoms with E-state index in [1.54, 1.807) is 18.4 Å². The zero-order valence-corrected chi connectivity index (χ0v) is 11.7. The highest BCUT2D eigenvalue weighted by Crippen LogP contribution is 2.40. The number of esters is 1. The van der Waals surface area contributed by atoms with Crippen molar-refractivity contribution in [3.05, 3.63) is 17.5 Å². The van der Waals surface area contributed by atoms with Crippen LogP contribution in [0.2, 0.25) is 0 Å². The van der Waals surface area contributed by atoms with Crippen LogP contribution in [-0.4, -0.2) is 25.6 Å². The lowest BCUT2D eigenvalue weighted by atomic mass is 10.4. The van der Waals surface area contributed by atoms with Gasteiger partial charge in [0.05, 0.1) is 6.61 Å². The summed E-state index contributed by atoms with van der Waals surface area (Å²) in [7, 11) is 1.52. The van der Waals surface area contributed by atoms with Gasteiger partial charge in [0.1, 0.15) is 10.6 Å². The van der Waals surface area contributed by atoms with Gasteiger partial charge in [0.15, 0.2) is 0 Å². The summed E-state index contributed by atoms with van der Waals surface area (Å²) in [6.07, 6.45) is 1.87. The maximum Gasteiger partial charge on any atom is 0.354 e. The van der Waals surface area contributed by atoms with Gasteiger partial charge in [-0.05, 0) is 32.8 Å². The average molecular weight is 292 g/mol. The van der Waals surface area contributed by atoms with E-state index in [4.69, 9.17) is 15.4 Å². The van der Waals surface area contributed by atoms with Gasteiger partial charge < -0.3 is 9.30 Å². The van der Waals surface area contributed by atoms with Crippen molar-refractivity contribution in [2.45, 2.75) is 37.6 Å². The van der Waals surface area contributed by atoms with Crippen LogP contribution in [0.1, 0.15) is 42.0 Å². The molecule has 0 unspecified atom stereocenters. The van der Waals surface area contributed by atoms with Crippen molar-refractivity contribution in [3.8, 4) is 0 Å². The van der Waals surface area contributed by atoms with Crippen molar-refractivity contribution in [1.29, 1.82) is 0 Å². The first kappa shape index (κ1) is 13.4. The van der Waals surface area contributed by atoms with Crippen LogP contribution >= 0.6 is 10.7 Å². The average Bonchev–Trinajstić information content (AvgIpc) is 3.01. The van der Waals surface area contributed by atoms with E-state index in [0.29, 0.717) is 5.69 Å². The van der Waals surface area contributed by atoms with Crippen LogP contribution in [0.15, 0.2) is 11.0 Å². The van der Waals surface area contributed by atoms with E-state index in [2.05, 4.69) is 0 Å². The van der Waals surface area contributed by atoms with Gasteiger partial charge in [0.25, 0.3) is 9.05 Å². The number of rotatable bonds is 4. The first-order chi connectivity index (χ1) is 8.36. The molecule has 100 valence electrons. The molecular formula is C11H14ClNO4S. The maximum absolute atomic E-state index is 11.8. The monoisotopic (exact) mass is 291 g/mol. The first-order valence-corrected chi connectivity index (χ1v) is 8.00. The van der Waals surface area contributed by atoms with Gasteiger partial charge in [-0.3, -0.25) is 0 Å². The number of nitrogens with zero attached hydrogens (tertiary/aromatic N) is 1. The molecule has 18 heavy (non-hydrogen) atoms. The van der Waals surface area contributed by atoms with E-state index in [1.165, 1.54) is 6.07 Å². The Labute approximate surface area is 110 Å². The topological polar surface area (TPSA) is 65.4 Å². The van der Waals surface area contributed by atoms with Gasteiger partial charge in [0.2, 0.25) is 0 Å². The highest BCUT2D eigenvalue weighted by molar-refractivity contribution is 8.13. The molecule has 0 radical (unpaired) electrons. The Hall–Kier alpha value is -1.01. The molecule has 1 aromatic rings. The SMILES string of the molecule is CCOC(=O)c1cc(S(=O)(=O)Cl)c(C)n1C1CC1. The Morgan fingerprint density at radius 3 is 2.61 bits per heavy atom. The summed E-state index contributed by atoms with van der Waals surface area (Å²) in [5.41, 5.74) is 0.756. The smallest absolute Gasteiger partial charge is 0.354 e. The molecule has 1 aromatic heterocycles. The summed E-state index contributed by atoms with van der Waals surface area (Å²) in [5, 5.41) is 0. The molecule has 0 aliphatic heterocycles. The molecule has 5 nitrogen and oxygen atoms in total. The van der Waals surface area contributed by atoms with Crippen LogP contribution in [0.25, 0.3) is 0 Å². The summed E-state index contributed by atoms with van der Waals surface area (Å²) in [6, 6.07) is 1.48. The van der Waals surface area contributed by atoms with Crippen molar-refractivity contribution in [1.82, 2.24) is 4.57 Å². The maximum atomic E-state index is 11.8. The third-order valence-corrected chi connectivity index (χ3v) is 4.34. The van der Waals surface area contributed by atoms with E-state index in [9.17, 15) is 13.2 Å². The molecule has 2 rings (SSSR count). The summed E-state index contributed by atoms with van der Waals surface area (Å²) >= 11 is 0. The van der Waals surface area contributed by atoms with Crippen LogP contribution in [-0.2, 0) is 13.8 Å². The quantitative estimate of drug-likeness (QED) is 0.630. The largest absolute Gasteiger partial charge is 0.461 e. The number of halogens is 1. The molecule has 0 spiro atoms. The van der Waals surface area contributed by atoms with Crippen molar-refractivity contribution in [2.24, 2.45) is 0 Å². The van der Waals surface area contributed by atoms with Crippen LogP contribution in [0.3, 0.4) is 0 Å². The lowest BCUT2D eigenvalue weighted by molar-refractivity contribution is 0.0513. The van der Waals surface area contributed by atoms with Gasteiger partial charge >= 0.3 is 5.97 Å². The van der Waals surface area contributed by atoms with E-state index in [-0.39, 0.29) is 23.2 Å². The van der Waals surface area contributed by atoms with E-state index in [0.717, 1.165) is 12.8 Å². The molecule has 0 saturated heterocycles. The standard InChI is InChI=1S/C11H14ClNO4S/c1-3-17-11(14)9-6-10(18(12,15)16)7(2)13(9)8-4-5-8/h6,8H,3-5H2,1-2H3. The highest BCUT2D eigenvalue weighted by Gasteiger charge is 2.33. The number of carbonyl (C=O) groups is 1. The molecule has 1 saturated carbocycles. The minimum absolute atomic E-state index is 0.0147. The Morgan fingerprint density at radius 1 is 1.56 bits per heavy atom. The Kier molecular flexibility index (Phi) is 3.42. The van der Waals surface area contributed by atoms with Crippen molar-refractivity contribution < 1.29 is 17.9 Å². The minimum Gasteiger partial charge on any atom is -0.461 e. The molecule has 7 heteroatoms. The molecule has 1 aliphatic carbocycles. The van der Waals surface area contributed by atoms with Crippen LogP contribution in [0.4, 0.5) is 0 Å². The second-order valence-corrected chi connectivity index (χ2v) is 6.77. The fourth-order valence-corrected chi connectivity index (χ4v) is 3.18. The molecule has 0 aromatic carbocycles. The van der Waals surface area contributed by atoms with E-state index >= 15 is 0 Å². The number of carbonyl (C=O) groups excluding carboxylic acids is 1. The lowest BCUT2D eigenvalue weighted by Gasteiger charge is -2.09. The van der Waals surface area contributed by atoms with Gasteiger partial charge in [0, 0.05) is 22.4 Å². The summed E-state index contributed by atoms with van der Waals surface area (Å²) in [4.78, 5) is 11.8. The molecule has 0 amide bonds. The first-order valence-electron chi connectivity index (χ1n) is 5.70. The number of aromatic nitrogens is 1. The fourth-order valence-electron chi connectivity index (χ4n) is 2.01. The van der Waals surface area contributed by atoms with Gasteiger partial charge in [-0.15, -0.1) is 0 Å².